The number of sulfonamides is 1. The lowest BCUT2D eigenvalue weighted by molar-refractivity contribution is -0.129. The second-order valence-corrected chi connectivity index (χ2v) is 14.3. The lowest BCUT2D eigenvalue weighted by atomic mass is 9.69. The van der Waals surface area contributed by atoms with Gasteiger partial charge in [0.15, 0.2) is 0 Å². The number of hydrogen-bond acceptors (Lipinski definition) is 6. The molecule has 43 heavy (non-hydrogen) atoms. The van der Waals surface area contributed by atoms with Crippen molar-refractivity contribution in [1.82, 2.24) is 9.62 Å². The highest BCUT2D eigenvalue weighted by molar-refractivity contribution is 7.90. The number of fused-ring (bicyclic) bond motifs is 3. The van der Waals surface area contributed by atoms with Gasteiger partial charge in [0.2, 0.25) is 15.9 Å². The molecule has 1 spiro atoms. The molecule has 0 aromatic heterocycles. The summed E-state index contributed by atoms with van der Waals surface area (Å²) in [6, 6.07) is 11.2. The smallest absolute Gasteiger partial charge is 0.264 e. The Morgan fingerprint density at radius 2 is 1.95 bits per heavy atom. The Hall–Kier alpha value is -3.30. The Balaban J connectivity index is 1.49. The van der Waals surface area contributed by atoms with Gasteiger partial charge in [-0.25, -0.2) is 13.1 Å². The van der Waals surface area contributed by atoms with E-state index in [1.54, 1.807) is 31.2 Å². The van der Waals surface area contributed by atoms with E-state index in [4.69, 9.17) is 16.3 Å². The van der Waals surface area contributed by atoms with Crippen molar-refractivity contribution in [2.45, 2.75) is 44.4 Å². The first-order chi connectivity index (χ1) is 20.5. The minimum absolute atomic E-state index is 0.0394. The molecule has 1 N–H and O–H groups in total. The van der Waals surface area contributed by atoms with Crippen LogP contribution in [0.4, 0.5) is 5.69 Å². The summed E-state index contributed by atoms with van der Waals surface area (Å²) < 4.78 is 33.3. The quantitative estimate of drug-likeness (QED) is 0.368. The van der Waals surface area contributed by atoms with Crippen LogP contribution in [0.3, 0.4) is 0 Å². The number of nitrogens with zero attached hydrogens (tertiary/aromatic N) is 2. The van der Waals surface area contributed by atoms with Gasteiger partial charge in [0.05, 0.1) is 18.0 Å². The third-order valence-electron chi connectivity index (χ3n) is 9.16. The number of carbonyl (C=O) groups is 2. The fourth-order valence-corrected chi connectivity index (χ4v) is 7.81. The van der Waals surface area contributed by atoms with Gasteiger partial charge >= 0.3 is 0 Å². The van der Waals surface area contributed by atoms with Crippen LogP contribution in [-0.2, 0) is 26.7 Å². The molecule has 0 unspecified atom stereocenters. The zero-order valence-corrected chi connectivity index (χ0v) is 26.3. The second-order valence-electron chi connectivity index (χ2n) is 12.1. The molecule has 1 heterocycles. The Morgan fingerprint density at radius 3 is 2.65 bits per heavy atom. The van der Waals surface area contributed by atoms with Crippen LogP contribution in [0.15, 0.2) is 61.7 Å². The third-order valence-corrected chi connectivity index (χ3v) is 10.6. The molecular weight excluding hydrogens is 586 g/mol. The largest absolute Gasteiger partial charge is 0.490 e. The summed E-state index contributed by atoms with van der Waals surface area (Å²) in [6.45, 7) is 12.0. The SMILES string of the molecule is C=CCN(C[C@@H]1CC[C@H]1CN1C[C@@]2(CCCc3cc(Cl)ccc32)COc2ccc(C(=O)NS(=O)(=O)CC=C)cc21)C(C)=O. The van der Waals surface area contributed by atoms with Crippen molar-refractivity contribution in [2.24, 2.45) is 11.8 Å². The van der Waals surface area contributed by atoms with Crippen molar-refractivity contribution in [1.29, 1.82) is 0 Å². The van der Waals surface area contributed by atoms with Crippen LogP contribution in [0, 0.1) is 11.8 Å². The molecule has 2 aromatic carbocycles. The summed E-state index contributed by atoms with van der Waals surface area (Å²) in [5.74, 6) is 0.351. The molecule has 2 aliphatic carbocycles. The van der Waals surface area contributed by atoms with Crippen LogP contribution < -0.4 is 14.4 Å². The minimum atomic E-state index is -3.84. The van der Waals surface area contributed by atoms with Crippen LogP contribution in [0.25, 0.3) is 0 Å². The molecule has 10 heteroatoms. The minimum Gasteiger partial charge on any atom is -0.490 e. The molecule has 1 saturated carbocycles. The summed E-state index contributed by atoms with van der Waals surface area (Å²) in [5.41, 5.74) is 3.22. The molecule has 8 nitrogen and oxygen atoms in total. The summed E-state index contributed by atoms with van der Waals surface area (Å²) in [4.78, 5) is 29.5. The number of nitrogens with one attached hydrogen (secondary N) is 1. The van der Waals surface area contributed by atoms with E-state index in [1.807, 2.05) is 11.0 Å². The number of ether oxygens (including phenoxy) is 1. The third kappa shape index (κ3) is 6.78. The zero-order valence-electron chi connectivity index (χ0n) is 24.7. The fourth-order valence-electron chi connectivity index (χ4n) is 6.82. The molecule has 3 atom stereocenters. The average Bonchev–Trinajstić information content (AvgIpc) is 3.09. The van der Waals surface area contributed by atoms with E-state index >= 15 is 0 Å². The standard InChI is InChI=1S/C33H40ClN3O5S/c1-4-15-36(23(3)38)19-26-8-9-27(26)20-37-21-33(14-6-7-24-17-28(34)11-12-29(24)33)22-42-31-13-10-25(18-30(31)37)32(39)35-43(40,41)16-5-2/h4-5,10-13,17-18,26-27H,1-2,6-9,14-16,19-22H2,3H3,(H,35,39)/t26-,27-,33-/m0/s1. The molecule has 5 rings (SSSR count). The van der Waals surface area contributed by atoms with Gasteiger partial charge in [0.25, 0.3) is 5.91 Å². The Bertz CT molecular complexity index is 1530. The predicted octanol–water partition coefficient (Wildman–Crippen LogP) is 5.12. The van der Waals surface area contributed by atoms with E-state index in [0.717, 1.165) is 49.4 Å². The number of aryl methyl sites for hydroxylation is 1. The van der Waals surface area contributed by atoms with Crippen molar-refractivity contribution in [3.05, 3.63) is 83.4 Å². The lowest BCUT2D eigenvalue weighted by Gasteiger charge is -2.45. The van der Waals surface area contributed by atoms with Gasteiger partial charge in [-0.1, -0.05) is 29.8 Å². The number of hydrogen-bond donors (Lipinski definition) is 1. The fraction of sp³-hybridized carbons (Fsp3) is 0.455. The van der Waals surface area contributed by atoms with E-state index in [2.05, 4.69) is 34.9 Å². The van der Waals surface area contributed by atoms with E-state index in [0.29, 0.717) is 43.8 Å². The second kappa shape index (κ2) is 12.7. The van der Waals surface area contributed by atoms with E-state index in [-0.39, 0.29) is 22.6 Å². The van der Waals surface area contributed by atoms with Crippen LogP contribution in [0.1, 0.15) is 54.1 Å². The highest BCUT2D eigenvalue weighted by atomic mass is 35.5. The van der Waals surface area contributed by atoms with Gasteiger partial charge in [-0.05, 0) is 85.4 Å². The van der Waals surface area contributed by atoms with Gasteiger partial charge in [-0.3, -0.25) is 9.59 Å². The van der Waals surface area contributed by atoms with Gasteiger partial charge in [0, 0.05) is 49.1 Å². The molecule has 2 aromatic rings. The number of anilines is 1. The molecule has 1 aliphatic heterocycles. The van der Waals surface area contributed by atoms with Gasteiger partial charge in [0.1, 0.15) is 5.75 Å². The highest BCUT2D eigenvalue weighted by Gasteiger charge is 2.43. The lowest BCUT2D eigenvalue weighted by Crippen LogP contribution is -2.49. The molecule has 3 aliphatic rings. The Labute approximate surface area is 259 Å². The average molecular weight is 626 g/mol. The summed E-state index contributed by atoms with van der Waals surface area (Å²) in [7, 11) is -3.84. The molecule has 0 saturated heterocycles. The summed E-state index contributed by atoms with van der Waals surface area (Å²) >= 11 is 6.39. The number of amides is 2. The molecule has 0 radical (unpaired) electrons. The maximum atomic E-state index is 13.1. The number of carbonyl (C=O) groups excluding carboxylic acids is 2. The van der Waals surface area contributed by atoms with Crippen molar-refractivity contribution in [3.63, 3.8) is 0 Å². The zero-order chi connectivity index (χ0) is 30.8. The van der Waals surface area contributed by atoms with Crippen LogP contribution in [0.2, 0.25) is 5.02 Å². The summed E-state index contributed by atoms with van der Waals surface area (Å²) in [6.07, 6.45) is 8.00. The van der Waals surface area contributed by atoms with Crippen molar-refractivity contribution >= 4 is 39.1 Å². The van der Waals surface area contributed by atoms with Crippen molar-refractivity contribution < 1.29 is 22.7 Å². The normalized spacial score (nSPS) is 22.7. The van der Waals surface area contributed by atoms with Crippen LogP contribution >= 0.6 is 11.6 Å². The van der Waals surface area contributed by atoms with E-state index in [1.165, 1.54) is 17.2 Å². The Kier molecular flexibility index (Phi) is 9.23. The summed E-state index contributed by atoms with van der Waals surface area (Å²) in [5, 5.41) is 0.722. The topological polar surface area (TPSA) is 96.0 Å². The van der Waals surface area contributed by atoms with E-state index in [9.17, 15) is 18.0 Å². The Morgan fingerprint density at radius 1 is 1.16 bits per heavy atom. The number of benzene rings is 2. The first kappa shape index (κ1) is 31.1. The van der Waals surface area contributed by atoms with Crippen LogP contribution in [-0.4, -0.2) is 63.7 Å². The maximum absolute atomic E-state index is 13.1. The van der Waals surface area contributed by atoms with Gasteiger partial charge in [-0.15, -0.1) is 13.2 Å². The molecule has 0 bridgehead atoms. The maximum Gasteiger partial charge on any atom is 0.264 e. The van der Waals surface area contributed by atoms with E-state index < -0.39 is 15.9 Å². The first-order valence-electron chi connectivity index (χ1n) is 14.9. The number of halogens is 1. The molecule has 2 amide bonds. The van der Waals surface area contributed by atoms with Crippen molar-refractivity contribution in [2.75, 3.05) is 43.4 Å². The van der Waals surface area contributed by atoms with Gasteiger partial charge < -0.3 is 14.5 Å². The monoisotopic (exact) mass is 625 g/mol. The first-order valence-corrected chi connectivity index (χ1v) is 16.9. The van der Waals surface area contributed by atoms with Gasteiger partial charge in [-0.2, -0.15) is 0 Å². The number of rotatable bonds is 10. The molecular formula is C33H40ClN3O5S. The van der Waals surface area contributed by atoms with Crippen LogP contribution in [0.5, 0.6) is 5.75 Å². The van der Waals surface area contributed by atoms with Crippen molar-refractivity contribution in [3.8, 4) is 5.75 Å². The predicted molar refractivity (Wildman–Crippen MR) is 170 cm³/mol. The molecule has 230 valence electrons. The molecule has 1 fully saturated rings. The highest BCUT2D eigenvalue weighted by Crippen LogP contribution is 2.46.